The standard InChI is InChI=1S/C18H23NO2/c1-14(2)21-17-11-7-8-15(12-17)18(19-3)13-20-16-9-5-4-6-10-16/h4-12,14,18-19H,13H2,1-3H3. The first-order valence-electron chi connectivity index (χ1n) is 7.30. The van der Waals surface area contributed by atoms with E-state index in [4.69, 9.17) is 9.47 Å². The van der Waals surface area contributed by atoms with E-state index < -0.39 is 0 Å². The second-order valence-electron chi connectivity index (χ2n) is 5.20. The van der Waals surface area contributed by atoms with Crippen LogP contribution in [0.2, 0.25) is 0 Å². The van der Waals surface area contributed by atoms with Gasteiger partial charge in [-0.25, -0.2) is 0 Å². The molecule has 1 atom stereocenters. The number of ether oxygens (including phenoxy) is 2. The van der Waals surface area contributed by atoms with Gasteiger partial charge in [-0.3, -0.25) is 0 Å². The van der Waals surface area contributed by atoms with Gasteiger partial charge in [0.15, 0.2) is 0 Å². The number of nitrogens with one attached hydrogen (secondary N) is 1. The van der Waals surface area contributed by atoms with E-state index in [0.717, 1.165) is 17.1 Å². The number of benzene rings is 2. The third kappa shape index (κ3) is 4.80. The predicted octanol–water partition coefficient (Wildman–Crippen LogP) is 3.81. The summed E-state index contributed by atoms with van der Waals surface area (Å²) in [7, 11) is 1.94. The molecule has 0 bridgehead atoms. The maximum absolute atomic E-state index is 5.83. The molecule has 2 aromatic carbocycles. The van der Waals surface area contributed by atoms with E-state index in [-0.39, 0.29) is 12.1 Å². The zero-order chi connectivity index (χ0) is 15.1. The molecule has 1 unspecified atom stereocenters. The largest absolute Gasteiger partial charge is 0.492 e. The van der Waals surface area contributed by atoms with Crippen LogP contribution in [0.25, 0.3) is 0 Å². The lowest BCUT2D eigenvalue weighted by atomic mass is 10.1. The summed E-state index contributed by atoms with van der Waals surface area (Å²) in [5.41, 5.74) is 1.16. The fourth-order valence-corrected chi connectivity index (χ4v) is 2.12. The van der Waals surface area contributed by atoms with Crippen molar-refractivity contribution in [3.63, 3.8) is 0 Å². The van der Waals surface area contributed by atoms with Crippen LogP contribution >= 0.6 is 0 Å². The fourth-order valence-electron chi connectivity index (χ4n) is 2.12. The van der Waals surface area contributed by atoms with E-state index in [2.05, 4.69) is 17.4 Å². The van der Waals surface area contributed by atoms with Gasteiger partial charge in [-0.2, -0.15) is 0 Å². The summed E-state index contributed by atoms with van der Waals surface area (Å²) in [6, 6.07) is 18.1. The van der Waals surface area contributed by atoms with Crippen LogP contribution in [-0.2, 0) is 0 Å². The van der Waals surface area contributed by atoms with Gasteiger partial charge in [0.1, 0.15) is 18.1 Å². The topological polar surface area (TPSA) is 30.5 Å². The van der Waals surface area contributed by atoms with Crippen molar-refractivity contribution in [2.24, 2.45) is 0 Å². The smallest absolute Gasteiger partial charge is 0.120 e. The molecule has 21 heavy (non-hydrogen) atoms. The van der Waals surface area contributed by atoms with E-state index >= 15 is 0 Å². The third-order valence-corrected chi connectivity index (χ3v) is 3.14. The molecule has 3 heteroatoms. The van der Waals surface area contributed by atoms with Crippen molar-refractivity contribution in [2.75, 3.05) is 13.7 Å². The normalized spacial score (nSPS) is 12.2. The Bertz CT molecular complexity index is 540. The molecule has 2 aromatic rings. The summed E-state index contributed by atoms with van der Waals surface area (Å²) in [6.45, 7) is 4.63. The predicted molar refractivity (Wildman–Crippen MR) is 85.9 cm³/mol. The average Bonchev–Trinajstić information content (AvgIpc) is 2.49. The molecule has 0 saturated carbocycles. The van der Waals surface area contributed by atoms with Gasteiger partial charge in [0.05, 0.1) is 12.1 Å². The highest BCUT2D eigenvalue weighted by atomic mass is 16.5. The van der Waals surface area contributed by atoms with Crippen LogP contribution in [0, 0.1) is 0 Å². The molecule has 3 nitrogen and oxygen atoms in total. The molecule has 0 spiro atoms. The molecule has 1 N–H and O–H groups in total. The van der Waals surface area contributed by atoms with Gasteiger partial charge < -0.3 is 14.8 Å². The van der Waals surface area contributed by atoms with Crippen molar-refractivity contribution < 1.29 is 9.47 Å². The van der Waals surface area contributed by atoms with Crippen molar-refractivity contribution in [1.82, 2.24) is 5.32 Å². The van der Waals surface area contributed by atoms with Gasteiger partial charge in [0, 0.05) is 0 Å². The molecular formula is C18H23NO2. The van der Waals surface area contributed by atoms with Gasteiger partial charge >= 0.3 is 0 Å². The zero-order valence-electron chi connectivity index (χ0n) is 12.9. The minimum atomic E-state index is 0.126. The summed E-state index contributed by atoms with van der Waals surface area (Å²) in [4.78, 5) is 0. The number of para-hydroxylation sites is 1. The Morgan fingerprint density at radius 2 is 1.67 bits per heavy atom. The molecule has 0 heterocycles. The monoisotopic (exact) mass is 285 g/mol. The molecule has 0 radical (unpaired) electrons. The Balaban J connectivity index is 2.03. The Hall–Kier alpha value is -2.00. The minimum Gasteiger partial charge on any atom is -0.492 e. The van der Waals surface area contributed by atoms with Gasteiger partial charge in [-0.05, 0) is 50.7 Å². The van der Waals surface area contributed by atoms with Crippen LogP contribution in [0.3, 0.4) is 0 Å². The quantitative estimate of drug-likeness (QED) is 0.839. The first kappa shape index (κ1) is 15.4. The summed E-state index contributed by atoms with van der Waals surface area (Å²) < 4.78 is 11.6. The lowest BCUT2D eigenvalue weighted by Crippen LogP contribution is -2.23. The second kappa shape index (κ2) is 7.70. The van der Waals surface area contributed by atoms with E-state index in [0.29, 0.717) is 6.61 Å². The second-order valence-corrected chi connectivity index (χ2v) is 5.20. The zero-order valence-corrected chi connectivity index (χ0v) is 12.9. The molecule has 0 aliphatic heterocycles. The number of hydrogen-bond donors (Lipinski definition) is 1. The average molecular weight is 285 g/mol. The summed E-state index contributed by atoms with van der Waals surface area (Å²) in [6.07, 6.45) is 0.175. The van der Waals surface area contributed by atoms with Crippen LogP contribution in [0.4, 0.5) is 0 Å². The van der Waals surface area contributed by atoms with Crippen molar-refractivity contribution in [1.29, 1.82) is 0 Å². The Kier molecular flexibility index (Phi) is 5.64. The van der Waals surface area contributed by atoms with Crippen LogP contribution in [-0.4, -0.2) is 19.8 Å². The van der Waals surface area contributed by atoms with Crippen LogP contribution < -0.4 is 14.8 Å². The Morgan fingerprint density at radius 3 is 2.33 bits per heavy atom. The number of hydrogen-bond acceptors (Lipinski definition) is 3. The number of likely N-dealkylation sites (N-methyl/N-ethyl adjacent to an activating group) is 1. The molecule has 0 aliphatic rings. The fraction of sp³-hybridized carbons (Fsp3) is 0.333. The summed E-state index contributed by atoms with van der Waals surface area (Å²) in [5.74, 6) is 1.77. The molecular weight excluding hydrogens is 262 g/mol. The van der Waals surface area contributed by atoms with E-state index in [9.17, 15) is 0 Å². The molecule has 112 valence electrons. The van der Waals surface area contributed by atoms with Gasteiger partial charge in [0.2, 0.25) is 0 Å². The molecule has 0 aliphatic carbocycles. The first-order chi connectivity index (χ1) is 10.2. The lowest BCUT2D eigenvalue weighted by Gasteiger charge is -2.19. The SMILES string of the molecule is CNC(COc1ccccc1)c1cccc(OC(C)C)c1. The van der Waals surface area contributed by atoms with E-state index in [1.807, 2.05) is 63.4 Å². The number of rotatable bonds is 7. The third-order valence-electron chi connectivity index (χ3n) is 3.14. The lowest BCUT2D eigenvalue weighted by molar-refractivity contribution is 0.241. The van der Waals surface area contributed by atoms with Crippen LogP contribution in [0.15, 0.2) is 54.6 Å². The highest BCUT2D eigenvalue weighted by molar-refractivity contribution is 5.31. The highest BCUT2D eigenvalue weighted by Crippen LogP contribution is 2.21. The molecule has 0 saturated heterocycles. The van der Waals surface area contributed by atoms with Crippen molar-refractivity contribution in [3.8, 4) is 11.5 Å². The molecule has 0 fully saturated rings. The minimum absolute atomic E-state index is 0.126. The van der Waals surface area contributed by atoms with Crippen molar-refractivity contribution in [2.45, 2.75) is 26.0 Å². The first-order valence-corrected chi connectivity index (χ1v) is 7.30. The summed E-state index contributed by atoms with van der Waals surface area (Å²) >= 11 is 0. The van der Waals surface area contributed by atoms with Crippen LogP contribution in [0.5, 0.6) is 11.5 Å². The van der Waals surface area contributed by atoms with Crippen molar-refractivity contribution >= 4 is 0 Å². The highest BCUT2D eigenvalue weighted by Gasteiger charge is 2.11. The molecule has 0 amide bonds. The maximum atomic E-state index is 5.83. The Morgan fingerprint density at radius 1 is 0.952 bits per heavy atom. The van der Waals surface area contributed by atoms with E-state index in [1.165, 1.54) is 0 Å². The van der Waals surface area contributed by atoms with E-state index in [1.54, 1.807) is 0 Å². The molecule has 0 aromatic heterocycles. The molecule has 2 rings (SSSR count). The van der Waals surface area contributed by atoms with Gasteiger partial charge in [0.25, 0.3) is 0 Å². The van der Waals surface area contributed by atoms with Crippen molar-refractivity contribution in [3.05, 3.63) is 60.2 Å². The Labute approximate surface area is 126 Å². The summed E-state index contributed by atoms with van der Waals surface area (Å²) in [5, 5.41) is 3.29. The van der Waals surface area contributed by atoms with Gasteiger partial charge in [-0.1, -0.05) is 30.3 Å². The van der Waals surface area contributed by atoms with Crippen LogP contribution in [0.1, 0.15) is 25.5 Å². The maximum Gasteiger partial charge on any atom is 0.120 e. The van der Waals surface area contributed by atoms with Gasteiger partial charge in [-0.15, -0.1) is 0 Å².